The van der Waals surface area contributed by atoms with E-state index >= 15 is 0 Å². The average Bonchev–Trinajstić information content (AvgIpc) is 2.88. The fraction of sp³-hybridized carbons (Fsp3) is 0.0625. The Morgan fingerprint density at radius 1 is 1.17 bits per heavy atom. The number of carbonyl (C=O) groups is 1. The molecule has 1 heterocycles. The third-order valence-corrected chi connectivity index (χ3v) is 5.18. The SMILES string of the molecule is O=C(NCc1ccc([N+](=O)[O-])cc1)c1cccc2c1C=CS2(O)O. The van der Waals surface area contributed by atoms with Crippen molar-refractivity contribution in [1.82, 2.24) is 5.32 Å². The molecule has 1 amide bonds. The lowest BCUT2D eigenvalue weighted by Crippen LogP contribution is -2.23. The number of nitrogens with zero attached hydrogens (tertiary/aromatic N) is 1. The molecule has 1 aliphatic rings. The summed E-state index contributed by atoms with van der Waals surface area (Å²) in [4.78, 5) is 22.8. The first kappa shape index (κ1) is 16.2. The summed E-state index contributed by atoms with van der Waals surface area (Å²) in [6.45, 7) is 0.209. The molecule has 7 nitrogen and oxygen atoms in total. The van der Waals surface area contributed by atoms with Crippen LogP contribution in [0.2, 0.25) is 0 Å². The van der Waals surface area contributed by atoms with E-state index in [1.54, 1.807) is 30.3 Å². The van der Waals surface area contributed by atoms with Crippen LogP contribution in [0.3, 0.4) is 0 Å². The number of carbonyl (C=O) groups excluding carboxylic acids is 1. The molecule has 8 heteroatoms. The molecule has 2 aromatic rings. The van der Waals surface area contributed by atoms with E-state index < -0.39 is 15.5 Å². The summed E-state index contributed by atoms with van der Waals surface area (Å²) in [6.07, 6.45) is 1.53. The Bertz CT molecular complexity index is 846. The van der Waals surface area contributed by atoms with Crippen molar-refractivity contribution in [1.29, 1.82) is 0 Å². The van der Waals surface area contributed by atoms with Gasteiger partial charge in [-0.15, -0.1) is 10.6 Å². The lowest BCUT2D eigenvalue weighted by atomic mass is 10.1. The first-order valence-electron chi connectivity index (χ1n) is 6.99. The lowest BCUT2D eigenvalue weighted by Gasteiger charge is -2.25. The number of nitro groups is 1. The second-order valence-electron chi connectivity index (χ2n) is 5.22. The highest BCUT2D eigenvalue weighted by Gasteiger charge is 2.25. The number of rotatable bonds is 4. The minimum absolute atomic E-state index is 0.0127. The van der Waals surface area contributed by atoms with Gasteiger partial charge in [-0.1, -0.05) is 18.2 Å². The van der Waals surface area contributed by atoms with Crippen LogP contribution in [0, 0.1) is 10.1 Å². The van der Waals surface area contributed by atoms with Crippen molar-refractivity contribution in [3.63, 3.8) is 0 Å². The van der Waals surface area contributed by atoms with E-state index in [2.05, 4.69) is 5.32 Å². The summed E-state index contributed by atoms with van der Waals surface area (Å²) >= 11 is 0. The average molecular weight is 346 g/mol. The third kappa shape index (κ3) is 3.02. The fourth-order valence-corrected chi connectivity index (χ4v) is 3.68. The maximum absolute atomic E-state index is 12.4. The molecular weight excluding hydrogens is 332 g/mol. The fourth-order valence-electron chi connectivity index (χ4n) is 2.43. The Kier molecular flexibility index (Phi) is 4.10. The molecule has 3 rings (SSSR count). The smallest absolute Gasteiger partial charge is 0.269 e. The number of nitrogens with one attached hydrogen (secondary N) is 1. The first-order chi connectivity index (χ1) is 11.4. The zero-order valence-electron chi connectivity index (χ0n) is 12.4. The quantitative estimate of drug-likeness (QED) is 0.578. The number of fused-ring (bicyclic) bond motifs is 1. The van der Waals surface area contributed by atoms with Crippen LogP contribution in [0.25, 0.3) is 6.08 Å². The molecule has 124 valence electrons. The van der Waals surface area contributed by atoms with Crippen LogP contribution in [-0.2, 0) is 6.54 Å². The van der Waals surface area contributed by atoms with E-state index in [4.69, 9.17) is 0 Å². The van der Waals surface area contributed by atoms with E-state index in [9.17, 15) is 24.0 Å². The van der Waals surface area contributed by atoms with Crippen molar-refractivity contribution in [2.75, 3.05) is 0 Å². The number of hydrogen-bond donors (Lipinski definition) is 3. The number of non-ortho nitro benzene ring substituents is 1. The van der Waals surface area contributed by atoms with E-state index in [1.165, 1.54) is 23.6 Å². The van der Waals surface area contributed by atoms with E-state index in [1.807, 2.05) is 0 Å². The summed E-state index contributed by atoms with van der Waals surface area (Å²) in [6, 6.07) is 10.7. The van der Waals surface area contributed by atoms with Gasteiger partial charge in [0.25, 0.3) is 11.6 Å². The number of hydrogen-bond acceptors (Lipinski definition) is 5. The molecule has 0 atom stereocenters. The van der Waals surface area contributed by atoms with Crippen LogP contribution in [-0.4, -0.2) is 19.9 Å². The first-order valence-corrected chi connectivity index (χ1v) is 8.60. The van der Waals surface area contributed by atoms with Gasteiger partial charge in [-0.05, 0) is 23.8 Å². The summed E-state index contributed by atoms with van der Waals surface area (Å²) in [5.41, 5.74) is 1.56. The highest BCUT2D eigenvalue weighted by atomic mass is 32.3. The standard InChI is InChI=1S/C16H14N2O5S/c19-16(17-10-11-4-6-12(7-5-11)18(20)21)14-2-1-3-15-13(14)8-9-24(15,22)23/h1-9,22-23H,10H2,(H,17,19). The molecule has 0 unspecified atom stereocenters. The molecule has 0 radical (unpaired) electrons. The molecule has 2 aromatic carbocycles. The maximum atomic E-state index is 12.4. The minimum atomic E-state index is -2.97. The summed E-state index contributed by atoms with van der Waals surface area (Å²) in [5, 5.41) is 14.6. The number of nitro benzene ring substituents is 1. The van der Waals surface area contributed by atoms with Crippen LogP contribution in [0.1, 0.15) is 21.5 Å². The zero-order chi connectivity index (χ0) is 17.3. The molecule has 0 aromatic heterocycles. The summed E-state index contributed by atoms with van der Waals surface area (Å²) in [5.74, 6) is -0.355. The van der Waals surface area contributed by atoms with Crippen molar-refractivity contribution >= 4 is 28.3 Å². The lowest BCUT2D eigenvalue weighted by molar-refractivity contribution is -0.384. The van der Waals surface area contributed by atoms with Crippen LogP contribution in [0.4, 0.5) is 5.69 Å². The molecule has 0 aliphatic carbocycles. The Morgan fingerprint density at radius 2 is 1.88 bits per heavy atom. The second-order valence-corrected chi connectivity index (χ2v) is 7.12. The predicted molar refractivity (Wildman–Crippen MR) is 90.9 cm³/mol. The molecule has 0 spiro atoms. The predicted octanol–water partition coefficient (Wildman–Crippen LogP) is 3.62. The Morgan fingerprint density at radius 3 is 2.54 bits per heavy atom. The number of amides is 1. The van der Waals surface area contributed by atoms with Gasteiger partial charge < -0.3 is 5.32 Å². The second kappa shape index (κ2) is 6.08. The molecule has 24 heavy (non-hydrogen) atoms. The van der Waals surface area contributed by atoms with Crippen molar-refractivity contribution < 1.29 is 18.8 Å². The molecule has 0 bridgehead atoms. The van der Waals surface area contributed by atoms with E-state index in [0.717, 1.165) is 5.56 Å². The molecule has 3 N–H and O–H groups in total. The Balaban J connectivity index is 1.74. The zero-order valence-corrected chi connectivity index (χ0v) is 13.2. The molecule has 0 saturated heterocycles. The topological polar surface area (TPSA) is 113 Å². The van der Waals surface area contributed by atoms with Gasteiger partial charge in [0.1, 0.15) is 0 Å². The monoisotopic (exact) mass is 346 g/mol. The van der Waals surface area contributed by atoms with Gasteiger partial charge in [0.15, 0.2) is 0 Å². The van der Waals surface area contributed by atoms with Gasteiger partial charge in [-0.3, -0.25) is 24.0 Å². The van der Waals surface area contributed by atoms with Gasteiger partial charge in [0.05, 0.1) is 9.82 Å². The molecule has 0 saturated carbocycles. The summed E-state index contributed by atoms with van der Waals surface area (Å²) < 4.78 is 19.8. The minimum Gasteiger partial charge on any atom is -0.348 e. The van der Waals surface area contributed by atoms with Gasteiger partial charge in [0.2, 0.25) is 0 Å². The van der Waals surface area contributed by atoms with Crippen LogP contribution in [0.15, 0.2) is 52.8 Å². The molecular formula is C16H14N2O5S. The highest BCUT2D eigenvalue weighted by molar-refractivity contribution is 8.27. The van der Waals surface area contributed by atoms with Gasteiger partial charge in [0, 0.05) is 35.2 Å². The third-order valence-electron chi connectivity index (χ3n) is 3.66. The van der Waals surface area contributed by atoms with Crippen molar-refractivity contribution in [3.05, 3.63) is 74.7 Å². The molecule has 1 aliphatic heterocycles. The van der Waals surface area contributed by atoms with Crippen LogP contribution in [0.5, 0.6) is 0 Å². The number of benzene rings is 2. The van der Waals surface area contributed by atoms with Gasteiger partial charge in [-0.2, -0.15) is 0 Å². The van der Waals surface area contributed by atoms with Crippen LogP contribution >= 0.6 is 10.6 Å². The van der Waals surface area contributed by atoms with E-state index in [-0.39, 0.29) is 18.1 Å². The normalized spacial score (nSPS) is 15.6. The Hall–Kier alpha value is -2.68. The van der Waals surface area contributed by atoms with Crippen molar-refractivity contribution in [2.45, 2.75) is 11.4 Å². The van der Waals surface area contributed by atoms with E-state index in [0.29, 0.717) is 16.0 Å². The molecule has 0 fully saturated rings. The highest BCUT2D eigenvalue weighted by Crippen LogP contribution is 2.56. The van der Waals surface area contributed by atoms with Crippen molar-refractivity contribution in [3.8, 4) is 0 Å². The van der Waals surface area contributed by atoms with Crippen LogP contribution < -0.4 is 5.32 Å². The van der Waals surface area contributed by atoms with Crippen molar-refractivity contribution in [2.24, 2.45) is 0 Å². The Labute approximate surface area is 139 Å². The maximum Gasteiger partial charge on any atom is 0.269 e. The summed E-state index contributed by atoms with van der Waals surface area (Å²) in [7, 11) is -2.97. The van der Waals surface area contributed by atoms with Gasteiger partial charge >= 0.3 is 0 Å². The van der Waals surface area contributed by atoms with Gasteiger partial charge in [-0.25, -0.2) is 0 Å². The largest absolute Gasteiger partial charge is 0.348 e.